The summed E-state index contributed by atoms with van der Waals surface area (Å²) in [6.07, 6.45) is 0. The molecule has 1 aromatic heterocycles. The first-order valence-corrected chi connectivity index (χ1v) is 9.92. The first-order chi connectivity index (χ1) is 13.1. The minimum atomic E-state index is -0.233. The van der Waals surface area contributed by atoms with Gasteiger partial charge in [0.25, 0.3) is 5.22 Å². The lowest BCUT2D eigenvalue weighted by Crippen LogP contribution is -2.49. The van der Waals surface area contributed by atoms with Gasteiger partial charge in [-0.25, -0.2) is 9.37 Å². The van der Waals surface area contributed by atoms with Crippen molar-refractivity contribution in [2.45, 2.75) is 5.22 Å². The summed E-state index contributed by atoms with van der Waals surface area (Å²) >= 11 is 7.21. The van der Waals surface area contributed by atoms with Crippen LogP contribution in [0, 0.1) is 5.82 Å². The largest absolute Gasteiger partial charge is 0.431 e. The van der Waals surface area contributed by atoms with Gasteiger partial charge in [0.15, 0.2) is 5.58 Å². The third-order valence-corrected chi connectivity index (χ3v) is 5.52. The second-order valence-corrected chi connectivity index (χ2v) is 7.56. The van der Waals surface area contributed by atoms with E-state index in [9.17, 15) is 9.18 Å². The standard InChI is InChI=1S/C19H17ClFN3O2S/c20-13-5-6-15-17(11-13)26-19(22-15)27-12-18(25)24-9-7-23(8-10-24)16-4-2-1-3-14(16)21/h1-6,11H,7-10,12H2. The number of fused-ring (bicyclic) bond motifs is 1. The number of oxazole rings is 1. The second kappa shape index (κ2) is 7.78. The molecule has 0 unspecified atom stereocenters. The van der Waals surface area contributed by atoms with Gasteiger partial charge in [0.05, 0.1) is 11.4 Å². The second-order valence-electron chi connectivity index (χ2n) is 6.20. The van der Waals surface area contributed by atoms with Gasteiger partial charge in [0.2, 0.25) is 5.91 Å². The number of carbonyl (C=O) groups is 1. The highest BCUT2D eigenvalue weighted by atomic mass is 35.5. The summed E-state index contributed by atoms with van der Waals surface area (Å²) in [5.41, 5.74) is 1.91. The van der Waals surface area contributed by atoms with Crippen molar-refractivity contribution in [1.29, 1.82) is 0 Å². The van der Waals surface area contributed by atoms with E-state index in [4.69, 9.17) is 16.0 Å². The maximum absolute atomic E-state index is 13.9. The van der Waals surface area contributed by atoms with Crippen molar-refractivity contribution in [1.82, 2.24) is 9.88 Å². The molecule has 1 saturated heterocycles. The number of rotatable bonds is 4. The van der Waals surface area contributed by atoms with E-state index >= 15 is 0 Å². The van der Waals surface area contributed by atoms with E-state index in [1.807, 2.05) is 11.0 Å². The van der Waals surface area contributed by atoms with Crippen LogP contribution in [-0.2, 0) is 4.79 Å². The van der Waals surface area contributed by atoms with Crippen molar-refractivity contribution >= 4 is 46.1 Å². The van der Waals surface area contributed by atoms with Gasteiger partial charge in [-0.3, -0.25) is 4.79 Å². The Morgan fingerprint density at radius 3 is 2.74 bits per heavy atom. The number of thioether (sulfide) groups is 1. The normalized spacial score (nSPS) is 14.7. The lowest BCUT2D eigenvalue weighted by Gasteiger charge is -2.36. The highest BCUT2D eigenvalue weighted by molar-refractivity contribution is 7.99. The van der Waals surface area contributed by atoms with Crippen molar-refractivity contribution < 1.29 is 13.6 Å². The third kappa shape index (κ3) is 4.04. The van der Waals surface area contributed by atoms with Crippen molar-refractivity contribution in [3.05, 3.63) is 53.3 Å². The first kappa shape index (κ1) is 18.1. The lowest BCUT2D eigenvalue weighted by atomic mass is 10.2. The number of amides is 1. The van der Waals surface area contributed by atoms with Crippen LogP contribution >= 0.6 is 23.4 Å². The van der Waals surface area contributed by atoms with E-state index in [0.717, 1.165) is 0 Å². The zero-order valence-electron chi connectivity index (χ0n) is 14.4. The molecule has 0 bridgehead atoms. The van der Waals surface area contributed by atoms with E-state index in [1.165, 1.54) is 17.8 Å². The predicted molar refractivity (Wildman–Crippen MR) is 105 cm³/mol. The Morgan fingerprint density at radius 1 is 1.19 bits per heavy atom. The summed E-state index contributed by atoms with van der Waals surface area (Å²) < 4.78 is 19.5. The number of hydrogen-bond acceptors (Lipinski definition) is 5. The predicted octanol–water partition coefficient (Wildman–Crippen LogP) is 4.06. The molecule has 0 N–H and O–H groups in total. The van der Waals surface area contributed by atoms with Crippen molar-refractivity contribution in [2.24, 2.45) is 0 Å². The molecule has 0 saturated carbocycles. The van der Waals surface area contributed by atoms with Crippen molar-refractivity contribution in [2.75, 3.05) is 36.8 Å². The Morgan fingerprint density at radius 2 is 1.96 bits per heavy atom. The molecule has 0 aliphatic carbocycles. The zero-order valence-corrected chi connectivity index (χ0v) is 16.0. The number of para-hydroxylation sites is 1. The number of halogens is 2. The van der Waals surface area contributed by atoms with Gasteiger partial charge >= 0.3 is 0 Å². The number of aromatic nitrogens is 1. The molecule has 1 fully saturated rings. The average molecular weight is 406 g/mol. The zero-order chi connectivity index (χ0) is 18.8. The van der Waals surface area contributed by atoms with Crippen LogP contribution in [0.2, 0.25) is 5.02 Å². The quantitative estimate of drug-likeness (QED) is 0.612. The van der Waals surface area contributed by atoms with Crippen LogP contribution in [0.5, 0.6) is 0 Å². The van der Waals surface area contributed by atoms with Gasteiger partial charge < -0.3 is 14.2 Å². The molecule has 1 aliphatic heterocycles. The summed E-state index contributed by atoms with van der Waals surface area (Å²) in [5, 5.41) is 1.03. The molecule has 27 heavy (non-hydrogen) atoms. The molecule has 2 heterocycles. The Hall–Kier alpha value is -2.25. The monoisotopic (exact) mass is 405 g/mol. The molecule has 1 aliphatic rings. The van der Waals surface area contributed by atoms with E-state index in [0.29, 0.717) is 53.2 Å². The Balaban J connectivity index is 1.32. The fourth-order valence-electron chi connectivity index (χ4n) is 3.06. The maximum atomic E-state index is 13.9. The molecule has 8 heteroatoms. The molecular weight excluding hydrogens is 389 g/mol. The molecule has 4 rings (SSSR count). The lowest BCUT2D eigenvalue weighted by molar-refractivity contribution is -0.128. The topological polar surface area (TPSA) is 49.6 Å². The van der Waals surface area contributed by atoms with Crippen molar-refractivity contribution in [3.63, 3.8) is 0 Å². The Bertz CT molecular complexity index is 972. The molecule has 3 aromatic rings. The number of anilines is 1. The molecule has 5 nitrogen and oxygen atoms in total. The summed E-state index contributed by atoms with van der Waals surface area (Å²) in [7, 11) is 0. The molecule has 0 atom stereocenters. The fourth-order valence-corrected chi connectivity index (χ4v) is 3.96. The van der Waals surface area contributed by atoms with Crippen LogP contribution in [0.3, 0.4) is 0 Å². The van der Waals surface area contributed by atoms with E-state index in [1.54, 1.807) is 35.2 Å². The average Bonchev–Trinajstić information content (AvgIpc) is 3.08. The fraction of sp³-hybridized carbons (Fsp3) is 0.263. The van der Waals surface area contributed by atoms with Gasteiger partial charge in [0, 0.05) is 37.3 Å². The van der Waals surface area contributed by atoms with E-state index in [-0.39, 0.29) is 17.5 Å². The van der Waals surface area contributed by atoms with Crippen LogP contribution in [0.4, 0.5) is 10.1 Å². The highest BCUT2D eigenvalue weighted by Crippen LogP contribution is 2.26. The molecule has 0 radical (unpaired) electrons. The minimum Gasteiger partial charge on any atom is -0.431 e. The first-order valence-electron chi connectivity index (χ1n) is 8.56. The van der Waals surface area contributed by atoms with Crippen LogP contribution in [-0.4, -0.2) is 47.7 Å². The molecule has 140 valence electrons. The number of hydrogen-bond donors (Lipinski definition) is 0. The summed E-state index contributed by atoms with van der Waals surface area (Å²) in [6, 6.07) is 12.0. The van der Waals surface area contributed by atoms with Gasteiger partial charge in [0.1, 0.15) is 11.3 Å². The van der Waals surface area contributed by atoms with Gasteiger partial charge in [-0.05, 0) is 24.3 Å². The van der Waals surface area contributed by atoms with Crippen LogP contribution < -0.4 is 4.90 Å². The summed E-state index contributed by atoms with van der Waals surface area (Å²) in [6.45, 7) is 2.35. The number of carbonyl (C=O) groups excluding carboxylic acids is 1. The Kier molecular flexibility index (Phi) is 5.22. The smallest absolute Gasteiger partial charge is 0.257 e. The van der Waals surface area contributed by atoms with E-state index in [2.05, 4.69) is 4.98 Å². The number of benzene rings is 2. The van der Waals surface area contributed by atoms with Gasteiger partial charge in [-0.1, -0.05) is 35.5 Å². The maximum Gasteiger partial charge on any atom is 0.257 e. The summed E-state index contributed by atoms with van der Waals surface area (Å²) in [5.74, 6) is 0.0395. The van der Waals surface area contributed by atoms with Gasteiger partial charge in [-0.2, -0.15) is 0 Å². The highest BCUT2D eigenvalue weighted by Gasteiger charge is 2.23. The number of piperazine rings is 1. The molecule has 0 spiro atoms. The SMILES string of the molecule is O=C(CSc1nc2ccc(Cl)cc2o1)N1CCN(c2ccccc2F)CC1. The van der Waals surface area contributed by atoms with Crippen LogP contribution in [0.25, 0.3) is 11.1 Å². The minimum absolute atomic E-state index is 0.0217. The molecular formula is C19H17ClFN3O2S. The van der Waals surface area contributed by atoms with Crippen LogP contribution in [0.1, 0.15) is 0 Å². The van der Waals surface area contributed by atoms with E-state index < -0.39 is 0 Å². The Labute approximate surface area is 165 Å². The summed E-state index contributed by atoms with van der Waals surface area (Å²) in [4.78, 5) is 20.6. The molecule has 1 amide bonds. The van der Waals surface area contributed by atoms with Crippen LogP contribution in [0.15, 0.2) is 52.1 Å². The third-order valence-electron chi connectivity index (χ3n) is 4.48. The van der Waals surface area contributed by atoms with Crippen molar-refractivity contribution in [3.8, 4) is 0 Å². The molecule has 2 aromatic carbocycles. The number of nitrogens with zero attached hydrogens (tertiary/aromatic N) is 3. The van der Waals surface area contributed by atoms with Gasteiger partial charge in [-0.15, -0.1) is 0 Å².